The van der Waals surface area contributed by atoms with Gasteiger partial charge in [-0.15, -0.1) is 0 Å². The second-order valence-corrected chi connectivity index (χ2v) is 5.12. The number of hydrogen-bond acceptors (Lipinski definition) is 2. The summed E-state index contributed by atoms with van der Waals surface area (Å²) in [5, 5.41) is 3.44. The van der Waals surface area contributed by atoms with Crippen LogP contribution >= 0.6 is 0 Å². The van der Waals surface area contributed by atoms with Crippen LogP contribution in [0.15, 0.2) is 24.3 Å². The van der Waals surface area contributed by atoms with E-state index in [0.29, 0.717) is 6.04 Å². The lowest BCUT2D eigenvalue weighted by Crippen LogP contribution is -2.30. The molecule has 1 aliphatic rings. The molecule has 1 N–H and O–H groups in total. The predicted octanol–water partition coefficient (Wildman–Crippen LogP) is 2.91. The van der Waals surface area contributed by atoms with Gasteiger partial charge in [0.25, 0.3) is 0 Å². The largest absolute Gasteiger partial charge is 0.325 e. The standard InChI is InChI=1S/C15H21N3/c1-2-5-15-17-13-6-3-4-7-14(13)18(15)12-8-10-16-11-9-12/h3-4,6-7,12,16H,2,5,8-11H2,1H3. The van der Waals surface area contributed by atoms with Crippen molar-refractivity contribution in [2.24, 2.45) is 0 Å². The van der Waals surface area contributed by atoms with E-state index in [1.54, 1.807) is 0 Å². The summed E-state index contributed by atoms with van der Waals surface area (Å²) in [6.07, 6.45) is 4.68. The third kappa shape index (κ3) is 2.03. The van der Waals surface area contributed by atoms with Crippen molar-refractivity contribution in [3.63, 3.8) is 0 Å². The van der Waals surface area contributed by atoms with Crippen molar-refractivity contribution < 1.29 is 0 Å². The molecule has 0 bridgehead atoms. The highest BCUT2D eigenvalue weighted by molar-refractivity contribution is 5.76. The van der Waals surface area contributed by atoms with Crippen LogP contribution < -0.4 is 5.32 Å². The summed E-state index contributed by atoms with van der Waals surface area (Å²) >= 11 is 0. The number of nitrogens with zero attached hydrogens (tertiary/aromatic N) is 2. The Balaban J connectivity index is 2.07. The van der Waals surface area contributed by atoms with E-state index in [0.717, 1.165) is 31.4 Å². The summed E-state index contributed by atoms with van der Waals surface area (Å²) in [4.78, 5) is 4.82. The van der Waals surface area contributed by atoms with Gasteiger partial charge in [0.05, 0.1) is 11.0 Å². The van der Waals surface area contributed by atoms with Crippen LogP contribution in [0.2, 0.25) is 0 Å². The zero-order valence-electron chi connectivity index (χ0n) is 11.0. The van der Waals surface area contributed by atoms with Crippen molar-refractivity contribution >= 4 is 11.0 Å². The van der Waals surface area contributed by atoms with Crippen molar-refractivity contribution in [2.75, 3.05) is 13.1 Å². The van der Waals surface area contributed by atoms with Crippen LogP contribution in [0.1, 0.15) is 38.1 Å². The second kappa shape index (κ2) is 5.11. The van der Waals surface area contributed by atoms with Crippen LogP contribution in [0.4, 0.5) is 0 Å². The molecule has 3 rings (SSSR count). The zero-order chi connectivity index (χ0) is 12.4. The maximum Gasteiger partial charge on any atom is 0.110 e. The average molecular weight is 243 g/mol. The molecular weight excluding hydrogens is 222 g/mol. The first kappa shape index (κ1) is 11.7. The third-order valence-corrected chi connectivity index (χ3v) is 3.82. The van der Waals surface area contributed by atoms with Gasteiger partial charge in [0, 0.05) is 12.5 Å². The molecule has 1 fully saturated rings. The monoisotopic (exact) mass is 243 g/mol. The van der Waals surface area contributed by atoms with Gasteiger partial charge in [-0.05, 0) is 44.5 Å². The Bertz CT molecular complexity index is 524. The topological polar surface area (TPSA) is 29.9 Å². The molecule has 0 aliphatic carbocycles. The first-order valence-corrected chi connectivity index (χ1v) is 7.06. The fourth-order valence-electron chi connectivity index (χ4n) is 2.97. The molecule has 1 aromatic carbocycles. The summed E-state index contributed by atoms with van der Waals surface area (Å²) < 4.78 is 2.50. The SMILES string of the molecule is CCCc1nc2ccccc2n1C1CCNCC1. The zero-order valence-corrected chi connectivity index (χ0v) is 11.0. The number of hydrogen-bond donors (Lipinski definition) is 1. The van der Waals surface area contributed by atoms with Gasteiger partial charge in [0.1, 0.15) is 5.82 Å². The lowest BCUT2D eigenvalue weighted by Gasteiger charge is -2.26. The van der Waals surface area contributed by atoms with E-state index in [1.165, 1.54) is 24.2 Å². The van der Waals surface area contributed by atoms with Gasteiger partial charge in [-0.1, -0.05) is 19.1 Å². The lowest BCUT2D eigenvalue weighted by molar-refractivity contribution is 0.366. The smallest absolute Gasteiger partial charge is 0.110 e. The Labute approximate surface area is 108 Å². The molecule has 0 atom stereocenters. The van der Waals surface area contributed by atoms with E-state index in [-0.39, 0.29) is 0 Å². The summed E-state index contributed by atoms with van der Waals surface area (Å²) in [7, 11) is 0. The molecule has 0 unspecified atom stereocenters. The second-order valence-electron chi connectivity index (χ2n) is 5.12. The number of aromatic nitrogens is 2. The number of imidazole rings is 1. The molecule has 2 heterocycles. The minimum Gasteiger partial charge on any atom is -0.325 e. The van der Waals surface area contributed by atoms with Crippen molar-refractivity contribution in [1.29, 1.82) is 0 Å². The Morgan fingerprint density at radius 2 is 2.06 bits per heavy atom. The van der Waals surface area contributed by atoms with E-state index < -0.39 is 0 Å². The Morgan fingerprint density at radius 1 is 1.28 bits per heavy atom. The van der Waals surface area contributed by atoms with Gasteiger partial charge >= 0.3 is 0 Å². The normalized spacial score (nSPS) is 17.4. The van der Waals surface area contributed by atoms with Gasteiger partial charge in [0.2, 0.25) is 0 Å². The molecule has 3 nitrogen and oxygen atoms in total. The average Bonchev–Trinajstić information content (AvgIpc) is 2.78. The minimum absolute atomic E-state index is 0.625. The van der Waals surface area contributed by atoms with Crippen LogP contribution in [-0.2, 0) is 6.42 Å². The number of rotatable bonds is 3. The number of piperidine rings is 1. The predicted molar refractivity (Wildman–Crippen MR) is 74.9 cm³/mol. The first-order valence-electron chi connectivity index (χ1n) is 7.06. The van der Waals surface area contributed by atoms with Crippen LogP contribution in [0, 0.1) is 0 Å². The highest BCUT2D eigenvalue weighted by Gasteiger charge is 2.20. The molecule has 1 aliphatic heterocycles. The van der Waals surface area contributed by atoms with Gasteiger partial charge in [-0.3, -0.25) is 0 Å². The van der Waals surface area contributed by atoms with E-state index >= 15 is 0 Å². The van der Waals surface area contributed by atoms with Crippen molar-refractivity contribution in [3.8, 4) is 0 Å². The first-order chi connectivity index (χ1) is 8.90. The summed E-state index contributed by atoms with van der Waals surface area (Å²) in [5.41, 5.74) is 2.47. The summed E-state index contributed by atoms with van der Waals surface area (Å²) in [6, 6.07) is 9.17. The van der Waals surface area contributed by atoms with Gasteiger partial charge < -0.3 is 9.88 Å². The van der Waals surface area contributed by atoms with Gasteiger partial charge in [0.15, 0.2) is 0 Å². The number of benzene rings is 1. The quantitative estimate of drug-likeness (QED) is 0.898. The molecule has 0 spiro atoms. The highest BCUT2D eigenvalue weighted by atomic mass is 15.1. The molecular formula is C15H21N3. The van der Waals surface area contributed by atoms with Crippen LogP contribution in [0.5, 0.6) is 0 Å². The van der Waals surface area contributed by atoms with E-state index in [1.807, 2.05) is 0 Å². The maximum absolute atomic E-state index is 4.82. The third-order valence-electron chi connectivity index (χ3n) is 3.82. The molecule has 2 aromatic rings. The Kier molecular flexibility index (Phi) is 3.33. The number of nitrogens with one attached hydrogen (secondary N) is 1. The van der Waals surface area contributed by atoms with Crippen molar-refractivity contribution in [1.82, 2.24) is 14.9 Å². The van der Waals surface area contributed by atoms with Crippen LogP contribution in [0.3, 0.4) is 0 Å². The molecule has 0 radical (unpaired) electrons. The van der Waals surface area contributed by atoms with E-state index in [2.05, 4.69) is 41.1 Å². The van der Waals surface area contributed by atoms with Crippen molar-refractivity contribution in [2.45, 2.75) is 38.6 Å². The molecule has 1 aromatic heterocycles. The molecule has 3 heteroatoms. The summed E-state index contributed by atoms with van der Waals surface area (Å²) in [6.45, 7) is 4.48. The molecule has 96 valence electrons. The Morgan fingerprint density at radius 3 is 2.83 bits per heavy atom. The number of fused-ring (bicyclic) bond motifs is 1. The molecule has 0 saturated carbocycles. The fourth-order valence-corrected chi connectivity index (χ4v) is 2.97. The number of aryl methyl sites for hydroxylation is 1. The highest BCUT2D eigenvalue weighted by Crippen LogP contribution is 2.27. The molecule has 1 saturated heterocycles. The lowest BCUT2D eigenvalue weighted by atomic mass is 10.1. The van der Waals surface area contributed by atoms with E-state index in [4.69, 9.17) is 4.98 Å². The van der Waals surface area contributed by atoms with Crippen molar-refractivity contribution in [3.05, 3.63) is 30.1 Å². The van der Waals surface area contributed by atoms with E-state index in [9.17, 15) is 0 Å². The fraction of sp³-hybridized carbons (Fsp3) is 0.533. The number of para-hydroxylation sites is 2. The van der Waals surface area contributed by atoms with Crippen LogP contribution in [0.25, 0.3) is 11.0 Å². The van der Waals surface area contributed by atoms with Gasteiger partial charge in [-0.25, -0.2) is 4.98 Å². The minimum atomic E-state index is 0.625. The van der Waals surface area contributed by atoms with Gasteiger partial charge in [-0.2, -0.15) is 0 Å². The Hall–Kier alpha value is -1.35. The van der Waals surface area contributed by atoms with Crippen LogP contribution in [-0.4, -0.2) is 22.6 Å². The summed E-state index contributed by atoms with van der Waals surface area (Å²) in [5.74, 6) is 1.27. The molecule has 0 amide bonds. The molecule has 18 heavy (non-hydrogen) atoms. The maximum atomic E-state index is 4.82.